The van der Waals surface area contributed by atoms with E-state index < -0.39 is 5.97 Å². The molecule has 3 rings (SSSR count). The van der Waals surface area contributed by atoms with E-state index in [9.17, 15) is 14.3 Å². The zero-order chi connectivity index (χ0) is 20.1. The average molecular weight is 376 g/mol. The molecule has 0 aliphatic rings. The molecular weight excluding hydrogens is 355 g/mol. The third kappa shape index (κ3) is 4.35. The Hall–Kier alpha value is -3.24. The summed E-state index contributed by atoms with van der Waals surface area (Å²) in [5, 5.41) is 9.50. The summed E-state index contributed by atoms with van der Waals surface area (Å²) in [6, 6.07) is 18.2. The van der Waals surface area contributed by atoms with E-state index in [1.165, 1.54) is 6.07 Å². The molecule has 3 nitrogen and oxygen atoms in total. The fraction of sp³-hybridized carbons (Fsp3) is 0.125. The first-order valence-corrected chi connectivity index (χ1v) is 8.90. The first-order chi connectivity index (χ1) is 13.5. The molecule has 0 aromatic heterocycles. The van der Waals surface area contributed by atoms with Gasteiger partial charge in [0.05, 0.1) is 6.61 Å². The lowest BCUT2D eigenvalue weighted by Gasteiger charge is -2.12. The number of hydrogen-bond donors (Lipinski definition) is 1. The molecule has 0 amide bonds. The number of carbonyl (C=O) groups excluding carboxylic acids is 1. The fourth-order valence-electron chi connectivity index (χ4n) is 2.96. The van der Waals surface area contributed by atoms with Crippen LogP contribution in [-0.4, -0.2) is 11.1 Å². The summed E-state index contributed by atoms with van der Waals surface area (Å²) in [4.78, 5) is 11.3. The molecule has 0 radical (unpaired) electrons. The van der Waals surface area contributed by atoms with E-state index in [1.54, 1.807) is 24.3 Å². The van der Waals surface area contributed by atoms with Crippen molar-refractivity contribution in [2.75, 3.05) is 0 Å². The van der Waals surface area contributed by atoms with Crippen LogP contribution in [0.1, 0.15) is 16.7 Å². The minimum absolute atomic E-state index is 0.0162. The molecule has 0 unspecified atom stereocenters. The first-order valence-electron chi connectivity index (χ1n) is 8.90. The number of carbonyl (C=O) groups is 1. The Labute approximate surface area is 163 Å². The molecule has 0 aliphatic carbocycles. The van der Waals surface area contributed by atoms with Gasteiger partial charge in [-0.1, -0.05) is 60.7 Å². The third-order valence-corrected chi connectivity index (χ3v) is 4.58. The Bertz CT molecular complexity index is 1010. The molecule has 0 atom stereocenters. The van der Waals surface area contributed by atoms with Gasteiger partial charge in [-0.15, -0.1) is 0 Å². The lowest BCUT2D eigenvalue weighted by atomic mass is 9.96. The van der Waals surface area contributed by atoms with Crippen molar-refractivity contribution in [1.29, 1.82) is 0 Å². The molecule has 1 N–H and O–H groups in total. The molecule has 0 saturated carbocycles. The molecule has 0 spiro atoms. The number of rotatable bonds is 6. The van der Waals surface area contributed by atoms with Crippen molar-refractivity contribution in [3.8, 4) is 22.3 Å². The summed E-state index contributed by atoms with van der Waals surface area (Å²) in [7, 11) is 0. The van der Waals surface area contributed by atoms with Crippen molar-refractivity contribution >= 4 is 5.97 Å². The van der Waals surface area contributed by atoms with Crippen molar-refractivity contribution in [2.24, 2.45) is 0 Å². The number of aliphatic hydroxyl groups excluding tert-OH is 1. The van der Waals surface area contributed by atoms with E-state index in [0.29, 0.717) is 22.3 Å². The van der Waals surface area contributed by atoms with Gasteiger partial charge >= 0.3 is 5.97 Å². The monoisotopic (exact) mass is 376 g/mol. The van der Waals surface area contributed by atoms with Gasteiger partial charge in [0.25, 0.3) is 0 Å². The summed E-state index contributed by atoms with van der Waals surface area (Å²) in [5.74, 6) is -0.896. The average Bonchev–Trinajstić information content (AvgIpc) is 2.72. The van der Waals surface area contributed by atoms with Crippen LogP contribution in [0, 0.1) is 12.7 Å². The predicted octanol–water partition coefficient (Wildman–Crippen LogP) is 5.19. The number of halogens is 1. The zero-order valence-corrected chi connectivity index (χ0v) is 15.6. The van der Waals surface area contributed by atoms with Gasteiger partial charge < -0.3 is 9.84 Å². The second kappa shape index (κ2) is 8.63. The Kier molecular flexibility index (Phi) is 6.02. The maximum atomic E-state index is 14.8. The SMILES string of the molecule is C=CC(=O)OCc1cc(-c2ccc(-c3ccc(C)cc3)cc2F)ccc1CO. The molecule has 4 heteroatoms. The van der Waals surface area contributed by atoms with Gasteiger partial charge in [-0.3, -0.25) is 0 Å². The third-order valence-electron chi connectivity index (χ3n) is 4.58. The Morgan fingerprint density at radius 3 is 2.32 bits per heavy atom. The maximum Gasteiger partial charge on any atom is 0.330 e. The lowest BCUT2D eigenvalue weighted by Crippen LogP contribution is -2.03. The number of ether oxygens (including phenoxy) is 1. The molecule has 3 aromatic rings. The van der Waals surface area contributed by atoms with Gasteiger partial charge in [-0.2, -0.15) is 0 Å². The fourth-order valence-corrected chi connectivity index (χ4v) is 2.96. The van der Waals surface area contributed by atoms with E-state index in [4.69, 9.17) is 4.74 Å². The van der Waals surface area contributed by atoms with E-state index in [1.807, 2.05) is 37.3 Å². The van der Waals surface area contributed by atoms with Crippen LogP contribution in [0.2, 0.25) is 0 Å². The second-order valence-electron chi connectivity index (χ2n) is 6.51. The van der Waals surface area contributed by atoms with Crippen LogP contribution in [0.25, 0.3) is 22.3 Å². The highest BCUT2D eigenvalue weighted by Crippen LogP contribution is 2.30. The number of aliphatic hydroxyl groups is 1. The largest absolute Gasteiger partial charge is 0.458 e. The number of aryl methyl sites for hydroxylation is 1. The Morgan fingerprint density at radius 2 is 1.68 bits per heavy atom. The molecule has 3 aromatic carbocycles. The van der Waals surface area contributed by atoms with Gasteiger partial charge in [-0.25, -0.2) is 9.18 Å². The molecule has 0 fully saturated rings. The molecular formula is C24H21FO3. The number of hydrogen-bond acceptors (Lipinski definition) is 3. The van der Waals surface area contributed by atoms with E-state index in [2.05, 4.69) is 6.58 Å². The van der Waals surface area contributed by atoms with Crippen molar-refractivity contribution < 1.29 is 19.0 Å². The maximum absolute atomic E-state index is 14.8. The van der Waals surface area contributed by atoms with Crippen molar-refractivity contribution in [2.45, 2.75) is 20.1 Å². The van der Waals surface area contributed by atoms with Gasteiger partial charge in [0.15, 0.2) is 0 Å². The van der Waals surface area contributed by atoms with Gasteiger partial charge in [-0.05, 0) is 46.9 Å². The number of benzene rings is 3. The summed E-state index contributed by atoms with van der Waals surface area (Å²) in [6.07, 6.45) is 1.08. The van der Waals surface area contributed by atoms with E-state index >= 15 is 0 Å². The van der Waals surface area contributed by atoms with Crippen LogP contribution in [0.5, 0.6) is 0 Å². The van der Waals surface area contributed by atoms with Crippen LogP contribution in [0.15, 0.2) is 73.3 Å². The summed E-state index contributed by atoms with van der Waals surface area (Å²) < 4.78 is 19.9. The smallest absolute Gasteiger partial charge is 0.330 e. The minimum atomic E-state index is -0.553. The van der Waals surface area contributed by atoms with Crippen LogP contribution < -0.4 is 0 Å². The van der Waals surface area contributed by atoms with Crippen LogP contribution in [-0.2, 0) is 22.7 Å². The van der Waals surface area contributed by atoms with Crippen LogP contribution >= 0.6 is 0 Å². The highest BCUT2D eigenvalue weighted by molar-refractivity contribution is 5.81. The van der Waals surface area contributed by atoms with Crippen LogP contribution in [0.3, 0.4) is 0 Å². The van der Waals surface area contributed by atoms with Crippen LogP contribution in [0.4, 0.5) is 4.39 Å². The topological polar surface area (TPSA) is 46.5 Å². The van der Waals surface area contributed by atoms with E-state index in [-0.39, 0.29) is 19.0 Å². The molecule has 0 heterocycles. The van der Waals surface area contributed by atoms with Gasteiger partial charge in [0, 0.05) is 11.6 Å². The normalized spacial score (nSPS) is 10.5. The quantitative estimate of drug-likeness (QED) is 0.476. The van der Waals surface area contributed by atoms with E-state index in [0.717, 1.165) is 22.8 Å². The van der Waals surface area contributed by atoms with Crippen molar-refractivity contribution in [3.05, 3.63) is 95.8 Å². The Morgan fingerprint density at radius 1 is 1.00 bits per heavy atom. The zero-order valence-electron chi connectivity index (χ0n) is 15.6. The second-order valence-corrected chi connectivity index (χ2v) is 6.51. The lowest BCUT2D eigenvalue weighted by molar-refractivity contribution is -0.139. The highest BCUT2D eigenvalue weighted by Gasteiger charge is 2.11. The summed E-state index contributed by atoms with van der Waals surface area (Å²) in [5.41, 5.74) is 5.23. The summed E-state index contributed by atoms with van der Waals surface area (Å²) >= 11 is 0. The van der Waals surface area contributed by atoms with Gasteiger partial charge in [0.2, 0.25) is 0 Å². The molecule has 142 valence electrons. The molecule has 0 bridgehead atoms. The predicted molar refractivity (Wildman–Crippen MR) is 108 cm³/mol. The highest BCUT2D eigenvalue weighted by atomic mass is 19.1. The standard InChI is InChI=1S/C24H21FO3/c1-3-24(27)28-15-21-12-19(8-9-20(21)14-26)22-11-10-18(13-23(22)25)17-6-4-16(2)5-7-17/h3-13,26H,1,14-15H2,2H3. The first kappa shape index (κ1) is 19.5. The Balaban J connectivity index is 1.93. The van der Waals surface area contributed by atoms with Crippen molar-refractivity contribution in [3.63, 3.8) is 0 Å². The molecule has 0 aliphatic heterocycles. The van der Waals surface area contributed by atoms with Gasteiger partial charge in [0.1, 0.15) is 12.4 Å². The molecule has 28 heavy (non-hydrogen) atoms. The van der Waals surface area contributed by atoms with Crippen molar-refractivity contribution in [1.82, 2.24) is 0 Å². The minimum Gasteiger partial charge on any atom is -0.458 e. The summed E-state index contributed by atoms with van der Waals surface area (Å²) in [6.45, 7) is 5.15. The number of esters is 1. The molecule has 0 saturated heterocycles.